The fourth-order valence-electron chi connectivity index (χ4n) is 1.09. The van der Waals surface area contributed by atoms with E-state index in [4.69, 9.17) is 5.11 Å². The molecular formula is C13H12O5S. The summed E-state index contributed by atoms with van der Waals surface area (Å²) in [4.78, 5) is 22.7. The SMILES string of the molecule is COC(=O)/C(O)=C/C=C(\Sc1ccccc1)C(=O)O. The highest BCUT2D eigenvalue weighted by Crippen LogP contribution is 2.26. The molecule has 1 aromatic rings. The molecule has 0 aliphatic rings. The lowest BCUT2D eigenvalue weighted by atomic mass is 10.4. The number of methoxy groups -OCH3 is 1. The molecule has 2 N–H and O–H groups in total. The summed E-state index contributed by atoms with van der Waals surface area (Å²) >= 11 is 1.01. The molecule has 100 valence electrons. The third kappa shape index (κ3) is 4.89. The number of ether oxygens (including phenoxy) is 1. The van der Waals surface area contributed by atoms with Crippen LogP contribution in [0.5, 0.6) is 0 Å². The standard InChI is InChI=1S/C13H12O5S/c1-18-13(17)10(14)7-8-11(12(15)16)19-9-5-3-2-4-6-9/h2-8,14H,1H3,(H,15,16)/b10-7-,11-8-. The number of hydrogen-bond acceptors (Lipinski definition) is 5. The van der Waals surface area contributed by atoms with Gasteiger partial charge in [-0.05, 0) is 24.3 Å². The van der Waals surface area contributed by atoms with E-state index in [0.717, 1.165) is 35.9 Å². The number of esters is 1. The predicted octanol–water partition coefficient (Wildman–Crippen LogP) is 2.36. The number of aliphatic hydroxyl groups is 1. The van der Waals surface area contributed by atoms with Crippen LogP contribution in [0.25, 0.3) is 0 Å². The number of allylic oxidation sites excluding steroid dienone is 2. The van der Waals surface area contributed by atoms with Gasteiger partial charge in [-0.25, -0.2) is 9.59 Å². The first-order valence-electron chi connectivity index (χ1n) is 5.20. The largest absolute Gasteiger partial charge is 0.502 e. The Morgan fingerprint density at radius 3 is 2.32 bits per heavy atom. The molecule has 0 radical (unpaired) electrons. The van der Waals surface area contributed by atoms with Crippen LogP contribution in [0.3, 0.4) is 0 Å². The Labute approximate surface area is 114 Å². The van der Waals surface area contributed by atoms with Crippen LogP contribution in [0.15, 0.2) is 58.0 Å². The van der Waals surface area contributed by atoms with Crippen molar-refractivity contribution < 1.29 is 24.5 Å². The van der Waals surface area contributed by atoms with Gasteiger partial charge in [-0.1, -0.05) is 30.0 Å². The van der Waals surface area contributed by atoms with E-state index < -0.39 is 17.7 Å². The molecule has 0 amide bonds. The molecule has 19 heavy (non-hydrogen) atoms. The highest BCUT2D eigenvalue weighted by Gasteiger charge is 2.10. The summed E-state index contributed by atoms with van der Waals surface area (Å²) in [6, 6.07) is 8.89. The zero-order chi connectivity index (χ0) is 14.3. The molecular weight excluding hydrogens is 268 g/mol. The van der Waals surface area contributed by atoms with Gasteiger partial charge in [0.15, 0.2) is 0 Å². The Bertz CT molecular complexity index is 519. The van der Waals surface area contributed by atoms with E-state index in [9.17, 15) is 14.7 Å². The Morgan fingerprint density at radius 1 is 1.16 bits per heavy atom. The minimum absolute atomic E-state index is 0.0262. The van der Waals surface area contributed by atoms with Crippen LogP contribution in [0, 0.1) is 0 Å². The molecule has 0 aliphatic heterocycles. The van der Waals surface area contributed by atoms with Crippen molar-refractivity contribution in [3.05, 3.63) is 53.1 Å². The summed E-state index contributed by atoms with van der Waals surface area (Å²) in [5.41, 5.74) is 0. The van der Waals surface area contributed by atoms with Crippen molar-refractivity contribution in [3.8, 4) is 0 Å². The topological polar surface area (TPSA) is 83.8 Å². The molecule has 0 unspecified atom stereocenters. The van der Waals surface area contributed by atoms with Crippen LogP contribution in [-0.4, -0.2) is 29.3 Å². The molecule has 0 aromatic heterocycles. The number of thioether (sulfide) groups is 1. The first-order chi connectivity index (χ1) is 9.04. The Balaban J connectivity index is 2.90. The molecule has 0 saturated heterocycles. The molecule has 0 bridgehead atoms. The zero-order valence-electron chi connectivity index (χ0n) is 10.1. The number of aliphatic carboxylic acids is 1. The van der Waals surface area contributed by atoms with Crippen molar-refractivity contribution in [2.24, 2.45) is 0 Å². The first-order valence-corrected chi connectivity index (χ1v) is 6.01. The summed E-state index contributed by atoms with van der Waals surface area (Å²) in [7, 11) is 1.12. The summed E-state index contributed by atoms with van der Waals surface area (Å²) in [6.07, 6.45) is 2.14. The van der Waals surface area contributed by atoms with E-state index in [2.05, 4.69) is 4.74 Å². The number of benzene rings is 1. The lowest BCUT2D eigenvalue weighted by molar-refractivity contribution is -0.139. The van der Waals surface area contributed by atoms with Crippen LogP contribution < -0.4 is 0 Å². The second-order valence-corrected chi connectivity index (χ2v) is 4.41. The number of carbonyl (C=O) groups excluding carboxylic acids is 1. The molecule has 5 nitrogen and oxygen atoms in total. The van der Waals surface area contributed by atoms with E-state index in [1.54, 1.807) is 24.3 Å². The van der Waals surface area contributed by atoms with Gasteiger partial charge in [0.1, 0.15) is 0 Å². The molecule has 0 spiro atoms. The van der Waals surface area contributed by atoms with Crippen molar-refractivity contribution in [2.75, 3.05) is 7.11 Å². The normalized spacial score (nSPS) is 12.1. The number of carboxylic acids is 1. The maximum atomic E-state index is 11.0. The lowest BCUT2D eigenvalue weighted by Crippen LogP contribution is -2.03. The Kier molecular flexibility index (Phi) is 5.69. The third-order valence-corrected chi connectivity index (χ3v) is 3.01. The van der Waals surface area contributed by atoms with E-state index in [1.807, 2.05) is 6.07 Å². The van der Waals surface area contributed by atoms with Crippen molar-refractivity contribution in [1.29, 1.82) is 0 Å². The third-order valence-electron chi connectivity index (χ3n) is 1.97. The zero-order valence-corrected chi connectivity index (χ0v) is 10.9. The Hall–Kier alpha value is -2.21. The minimum atomic E-state index is -1.15. The number of rotatable bonds is 5. The van der Waals surface area contributed by atoms with Crippen LogP contribution in [0.2, 0.25) is 0 Å². The quantitative estimate of drug-likeness (QED) is 0.283. The first kappa shape index (κ1) is 14.8. The van der Waals surface area contributed by atoms with Gasteiger partial charge in [-0.3, -0.25) is 0 Å². The van der Waals surface area contributed by atoms with Gasteiger partial charge >= 0.3 is 11.9 Å². The minimum Gasteiger partial charge on any atom is -0.502 e. The van der Waals surface area contributed by atoms with Crippen molar-refractivity contribution >= 4 is 23.7 Å². The Morgan fingerprint density at radius 2 is 1.79 bits per heavy atom. The predicted molar refractivity (Wildman–Crippen MR) is 70.7 cm³/mol. The van der Waals surface area contributed by atoms with Crippen molar-refractivity contribution in [3.63, 3.8) is 0 Å². The molecule has 0 heterocycles. The molecule has 0 fully saturated rings. The second-order valence-electron chi connectivity index (χ2n) is 3.29. The fraction of sp³-hybridized carbons (Fsp3) is 0.0769. The number of carboxylic acid groups (broad SMARTS) is 1. The van der Waals surface area contributed by atoms with E-state index >= 15 is 0 Å². The smallest absolute Gasteiger partial charge is 0.373 e. The summed E-state index contributed by atoms with van der Waals surface area (Å²) in [6.45, 7) is 0. The average molecular weight is 280 g/mol. The van der Waals surface area contributed by atoms with Gasteiger partial charge < -0.3 is 14.9 Å². The lowest BCUT2D eigenvalue weighted by Gasteiger charge is -2.01. The van der Waals surface area contributed by atoms with E-state index in [-0.39, 0.29) is 4.91 Å². The van der Waals surface area contributed by atoms with Crippen LogP contribution >= 0.6 is 11.8 Å². The van der Waals surface area contributed by atoms with Crippen LogP contribution in [0.1, 0.15) is 0 Å². The molecule has 1 aromatic carbocycles. The molecule has 6 heteroatoms. The van der Waals surface area contributed by atoms with Crippen molar-refractivity contribution in [2.45, 2.75) is 4.90 Å². The summed E-state index contributed by atoms with van der Waals surface area (Å²) in [5, 5.41) is 18.3. The van der Waals surface area contributed by atoms with Gasteiger partial charge in [0.25, 0.3) is 0 Å². The van der Waals surface area contributed by atoms with E-state index in [1.165, 1.54) is 0 Å². The highest BCUT2D eigenvalue weighted by atomic mass is 32.2. The van der Waals surface area contributed by atoms with Gasteiger partial charge in [0, 0.05) is 4.90 Å². The summed E-state index contributed by atoms with van der Waals surface area (Å²) in [5.74, 6) is -2.73. The number of aliphatic hydroxyl groups excluding tert-OH is 1. The summed E-state index contributed by atoms with van der Waals surface area (Å²) < 4.78 is 4.28. The van der Waals surface area contributed by atoms with Gasteiger partial charge in [-0.15, -0.1) is 0 Å². The van der Waals surface area contributed by atoms with Crippen LogP contribution in [0.4, 0.5) is 0 Å². The monoisotopic (exact) mass is 280 g/mol. The fourth-order valence-corrected chi connectivity index (χ4v) is 1.86. The highest BCUT2D eigenvalue weighted by molar-refractivity contribution is 8.04. The number of hydrogen-bond donors (Lipinski definition) is 2. The molecule has 0 atom stereocenters. The maximum Gasteiger partial charge on any atom is 0.373 e. The second kappa shape index (κ2) is 7.27. The molecule has 1 rings (SSSR count). The number of carbonyl (C=O) groups is 2. The molecule has 0 saturated carbocycles. The maximum absolute atomic E-state index is 11.0. The van der Waals surface area contributed by atoms with Crippen LogP contribution in [-0.2, 0) is 14.3 Å². The van der Waals surface area contributed by atoms with Gasteiger partial charge in [-0.2, -0.15) is 0 Å². The molecule has 0 aliphatic carbocycles. The van der Waals surface area contributed by atoms with Crippen molar-refractivity contribution in [1.82, 2.24) is 0 Å². The van der Waals surface area contributed by atoms with Gasteiger partial charge in [0.2, 0.25) is 5.76 Å². The average Bonchev–Trinajstić information content (AvgIpc) is 2.42. The van der Waals surface area contributed by atoms with E-state index in [0.29, 0.717) is 0 Å². The van der Waals surface area contributed by atoms with Gasteiger partial charge in [0.05, 0.1) is 12.0 Å².